The minimum Gasteiger partial charge on any atom is -0.497 e. The predicted molar refractivity (Wildman–Crippen MR) is 124 cm³/mol. The topological polar surface area (TPSA) is 102 Å². The highest BCUT2D eigenvalue weighted by Crippen LogP contribution is 2.31. The molecule has 0 fully saturated rings. The Morgan fingerprint density at radius 3 is 1.94 bits per heavy atom. The Balaban J connectivity index is 1.80. The summed E-state index contributed by atoms with van der Waals surface area (Å²) in [7, 11) is -0.792. The van der Waals surface area contributed by atoms with E-state index in [1.165, 1.54) is 0 Å². The maximum atomic E-state index is 13.1. The molecular formula is C23H22N4O4S. The molecule has 4 aromatic rings. The Kier molecular flexibility index (Phi) is 5.83. The van der Waals surface area contributed by atoms with Crippen LogP contribution in [-0.4, -0.2) is 32.6 Å². The van der Waals surface area contributed by atoms with E-state index in [0.29, 0.717) is 33.8 Å². The van der Waals surface area contributed by atoms with Crippen LogP contribution in [0, 0.1) is 6.92 Å². The van der Waals surface area contributed by atoms with Gasteiger partial charge in [-0.1, -0.05) is 30.3 Å². The van der Waals surface area contributed by atoms with Gasteiger partial charge in [0.15, 0.2) is 11.6 Å². The second-order valence-electron chi connectivity index (χ2n) is 7.01. The van der Waals surface area contributed by atoms with Gasteiger partial charge in [-0.05, 0) is 30.7 Å². The van der Waals surface area contributed by atoms with E-state index >= 15 is 0 Å². The molecule has 8 nitrogen and oxygen atoms in total. The molecular weight excluding hydrogens is 428 g/mol. The number of nitrogens with one attached hydrogen (secondary N) is 2. The van der Waals surface area contributed by atoms with Gasteiger partial charge in [-0.2, -0.15) is 0 Å². The number of anilines is 3. The third-order valence-corrected chi connectivity index (χ3v) is 6.30. The van der Waals surface area contributed by atoms with E-state index in [9.17, 15) is 8.42 Å². The number of hydrogen-bond donors (Lipinski definition) is 2. The normalized spacial score (nSPS) is 11.2. The molecule has 0 atom stereocenters. The fourth-order valence-electron chi connectivity index (χ4n) is 3.21. The molecule has 32 heavy (non-hydrogen) atoms. The fraction of sp³-hybridized carbons (Fsp3) is 0.130. The molecule has 0 aliphatic carbocycles. The molecule has 1 heterocycles. The number of fused-ring (bicyclic) bond motifs is 1. The second-order valence-corrected chi connectivity index (χ2v) is 8.66. The maximum Gasteiger partial charge on any atom is 0.263 e. The van der Waals surface area contributed by atoms with Gasteiger partial charge in [-0.25, -0.2) is 18.4 Å². The molecule has 0 aliphatic rings. The lowest BCUT2D eigenvalue weighted by Crippen LogP contribution is -2.17. The summed E-state index contributed by atoms with van der Waals surface area (Å²) in [5.74, 6) is 1.47. The summed E-state index contributed by atoms with van der Waals surface area (Å²) in [4.78, 5) is 9.29. The van der Waals surface area contributed by atoms with Crippen LogP contribution in [-0.2, 0) is 10.0 Å². The summed E-state index contributed by atoms with van der Waals surface area (Å²) >= 11 is 0. The number of ether oxygens (including phenoxy) is 2. The summed E-state index contributed by atoms with van der Waals surface area (Å²) in [6, 6.07) is 19.2. The van der Waals surface area contributed by atoms with Crippen LogP contribution in [0.25, 0.3) is 11.0 Å². The van der Waals surface area contributed by atoms with Crippen molar-refractivity contribution < 1.29 is 17.9 Å². The molecule has 0 spiro atoms. The number of methoxy groups -OCH3 is 2. The number of hydrogen-bond acceptors (Lipinski definition) is 7. The molecule has 0 bridgehead atoms. The Labute approximate surface area is 186 Å². The van der Waals surface area contributed by atoms with Crippen LogP contribution in [0.15, 0.2) is 71.6 Å². The summed E-state index contributed by atoms with van der Waals surface area (Å²) < 4.78 is 39.5. The molecule has 0 radical (unpaired) electrons. The minimum atomic E-state index is -3.89. The molecule has 164 valence electrons. The number of para-hydroxylation sites is 2. The molecule has 0 unspecified atom stereocenters. The average molecular weight is 451 g/mol. The van der Waals surface area contributed by atoms with E-state index in [1.54, 1.807) is 75.7 Å². The maximum absolute atomic E-state index is 13.1. The van der Waals surface area contributed by atoms with E-state index in [0.717, 1.165) is 0 Å². The van der Waals surface area contributed by atoms with E-state index in [1.807, 2.05) is 12.1 Å². The number of aryl methyl sites for hydroxylation is 1. The van der Waals surface area contributed by atoms with Crippen LogP contribution >= 0.6 is 0 Å². The lowest BCUT2D eigenvalue weighted by Gasteiger charge is -2.15. The predicted octanol–water partition coefficient (Wildman–Crippen LogP) is 4.50. The van der Waals surface area contributed by atoms with E-state index in [4.69, 9.17) is 9.47 Å². The van der Waals surface area contributed by atoms with Crippen molar-refractivity contribution in [3.05, 3.63) is 72.3 Å². The number of sulfonamides is 1. The zero-order valence-electron chi connectivity index (χ0n) is 17.8. The van der Waals surface area contributed by atoms with Crippen molar-refractivity contribution >= 4 is 38.4 Å². The zero-order valence-corrected chi connectivity index (χ0v) is 18.6. The number of rotatable bonds is 7. The highest BCUT2D eigenvalue weighted by atomic mass is 32.2. The Morgan fingerprint density at radius 1 is 0.781 bits per heavy atom. The van der Waals surface area contributed by atoms with Gasteiger partial charge in [-0.15, -0.1) is 0 Å². The van der Waals surface area contributed by atoms with Crippen molar-refractivity contribution in [2.45, 2.75) is 11.8 Å². The van der Waals surface area contributed by atoms with Gasteiger partial charge in [0.05, 0.1) is 30.1 Å². The minimum absolute atomic E-state index is 0.0775. The van der Waals surface area contributed by atoms with E-state index in [-0.39, 0.29) is 16.5 Å². The number of nitrogens with zero attached hydrogens (tertiary/aromatic N) is 2. The molecule has 9 heteroatoms. The molecule has 0 amide bonds. The Morgan fingerprint density at radius 2 is 1.34 bits per heavy atom. The summed E-state index contributed by atoms with van der Waals surface area (Å²) in [5, 5.41) is 3.14. The molecule has 3 aromatic carbocycles. The third kappa shape index (κ3) is 4.42. The standard InChI is InChI=1S/C23H22N4O4S/c1-15-8-4-7-11-21(15)32(28,29)27-23-22(25-19-9-5-6-10-20(19)26-23)24-16-12-17(30-2)14-18(13-16)31-3/h4-14H,1-3H3,(H,24,25)(H,26,27). The van der Waals surface area contributed by atoms with Crippen molar-refractivity contribution in [1.29, 1.82) is 0 Å². The first kappa shape index (κ1) is 21.4. The molecule has 4 rings (SSSR count). The van der Waals surface area contributed by atoms with Crippen LogP contribution in [0.4, 0.5) is 17.3 Å². The van der Waals surface area contributed by atoms with Crippen LogP contribution in [0.3, 0.4) is 0 Å². The van der Waals surface area contributed by atoms with Crippen molar-refractivity contribution in [2.75, 3.05) is 24.3 Å². The van der Waals surface area contributed by atoms with E-state index in [2.05, 4.69) is 20.0 Å². The van der Waals surface area contributed by atoms with Gasteiger partial charge in [0.2, 0.25) is 0 Å². The van der Waals surface area contributed by atoms with Crippen molar-refractivity contribution in [1.82, 2.24) is 9.97 Å². The van der Waals surface area contributed by atoms with Crippen LogP contribution < -0.4 is 19.5 Å². The average Bonchev–Trinajstić information content (AvgIpc) is 2.79. The second kappa shape index (κ2) is 8.72. The highest BCUT2D eigenvalue weighted by Gasteiger charge is 2.20. The smallest absolute Gasteiger partial charge is 0.263 e. The van der Waals surface area contributed by atoms with E-state index < -0.39 is 10.0 Å². The highest BCUT2D eigenvalue weighted by molar-refractivity contribution is 7.92. The van der Waals surface area contributed by atoms with Gasteiger partial charge < -0.3 is 14.8 Å². The van der Waals surface area contributed by atoms with Gasteiger partial charge in [0, 0.05) is 23.9 Å². The zero-order chi connectivity index (χ0) is 22.7. The van der Waals surface area contributed by atoms with Gasteiger partial charge in [-0.3, -0.25) is 4.72 Å². The molecule has 0 aliphatic heterocycles. The largest absolute Gasteiger partial charge is 0.497 e. The lowest BCUT2D eigenvalue weighted by atomic mass is 10.2. The Hall–Kier alpha value is -3.85. The molecule has 2 N–H and O–H groups in total. The molecule has 0 saturated heterocycles. The monoisotopic (exact) mass is 450 g/mol. The van der Waals surface area contributed by atoms with Crippen LogP contribution in [0.1, 0.15) is 5.56 Å². The van der Waals surface area contributed by atoms with Gasteiger partial charge >= 0.3 is 0 Å². The summed E-state index contributed by atoms with van der Waals surface area (Å²) in [6.07, 6.45) is 0. The first-order valence-electron chi connectivity index (χ1n) is 9.75. The SMILES string of the molecule is COc1cc(Nc2nc3ccccc3nc2NS(=O)(=O)c2ccccc2C)cc(OC)c1. The Bertz CT molecular complexity index is 1370. The quantitative estimate of drug-likeness (QED) is 0.427. The number of aromatic nitrogens is 2. The van der Waals surface area contributed by atoms with Crippen LogP contribution in [0.5, 0.6) is 11.5 Å². The summed E-state index contributed by atoms with van der Waals surface area (Å²) in [6.45, 7) is 1.74. The lowest BCUT2D eigenvalue weighted by molar-refractivity contribution is 0.395. The third-order valence-electron chi connectivity index (χ3n) is 4.80. The first-order valence-corrected chi connectivity index (χ1v) is 11.2. The molecule has 1 aromatic heterocycles. The fourth-order valence-corrected chi connectivity index (χ4v) is 4.47. The first-order chi connectivity index (χ1) is 15.4. The van der Waals surface area contributed by atoms with Crippen LogP contribution in [0.2, 0.25) is 0 Å². The van der Waals surface area contributed by atoms with Crippen molar-refractivity contribution in [2.24, 2.45) is 0 Å². The number of benzene rings is 3. The summed E-state index contributed by atoms with van der Waals surface area (Å²) in [5.41, 5.74) is 2.40. The van der Waals surface area contributed by atoms with Gasteiger partial charge in [0.1, 0.15) is 11.5 Å². The van der Waals surface area contributed by atoms with Crippen molar-refractivity contribution in [3.63, 3.8) is 0 Å². The molecule has 0 saturated carbocycles. The van der Waals surface area contributed by atoms with Gasteiger partial charge in [0.25, 0.3) is 10.0 Å². The van der Waals surface area contributed by atoms with Crippen molar-refractivity contribution in [3.8, 4) is 11.5 Å².